The lowest BCUT2D eigenvalue weighted by Gasteiger charge is -2.09. The molecule has 1 heterocycles. The Balaban J connectivity index is 1.92. The first kappa shape index (κ1) is 14.4. The topological polar surface area (TPSA) is 27.1 Å². The van der Waals surface area contributed by atoms with Gasteiger partial charge < -0.3 is 4.74 Å². The Bertz CT molecular complexity index is 816. The van der Waals surface area contributed by atoms with Crippen LogP contribution < -0.4 is 4.74 Å². The van der Waals surface area contributed by atoms with Crippen LogP contribution in [0.1, 0.15) is 12.4 Å². The predicted molar refractivity (Wildman–Crippen MR) is 71.7 cm³/mol. The van der Waals surface area contributed by atoms with Gasteiger partial charge in [0.15, 0.2) is 17.4 Å². The number of fused-ring (bicyclic) bond motifs is 1. The quantitative estimate of drug-likeness (QED) is 0.672. The molecule has 22 heavy (non-hydrogen) atoms. The maximum absolute atomic E-state index is 13.5. The standard InChI is InChI=1S/C15H10F4N2O/c16-9-5-6-13(10(17)7-9)22-8-14-20-11-3-1-2-4-12(11)21(14)15(18)19/h1-7,15H,8H2. The summed E-state index contributed by atoms with van der Waals surface area (Å²) >= 11 is 0. The monoisotopic (exact) mass is 310 g/mol. The second-order valence-electron chi connectivity index (χ2n) is 4.53. The Morgan fingerprint density at radius 1 is 1.09 bits per heavy atom. The summed E-state index contributed by atoms with van der Waals surface area (Å²) in [6.07, 6.45) is 0. The number of rotatable bonds is 4. The average molecular weight is 310 g/mol. The summed E-state index contributed by atoms with van der Waals surface area (Å²) in [6, 6.07) is 9.18. The summed E-state index contributed by atoms with van der Waals surface area (Å²) in [5, 5.41) is 0. The molecule has 0 aliphatic rings. The van der Waals surface area contributed by atoms with E-state index >= 15 is 0 Å². The molecule has 0 unspecified atom stereocenters. The van der Waals surface area contributed by atoms with Crippen molar-refractivity contribution >= 4 is 11.0 Å². The highest BCUT2D eigenvalue weighted by Gasteiger charge is 2.18. The third-order valence-electron chi connectivity index (χ3n) is 3.11. The van der Waals surface area contributed by atoms with Crippen molar-refractivity contribution in [2.45, 2.75) is 13.2 Å². The number of ether oxygens (including phenoxy) is 1. The minimum atomic E-state index is -2.80. The Hall–Kier alpha value is -2.57. The molecule has 1 aromatic heterocycles. The molecule has 0 amide bonds. The molecule has 114 valence electrons. The van der Waals surface area contributed by atoms with E-state index in [2.05, 4.69) is 4.98 Å². The van der Waals surface area contributed by atoms with Gasteiger partial charge in [0, 0.05) is 6.07 Å². The van der Waals surface area contributed by atoms with E-state index in [1.165, 1.54) is 6.07 Å². The van der Waals surface area contributed by atoms with E-state index in [1.807, 2.05) is 0 Å². The zero-order chi connectivity index (χ0) is 15.7. The zero-order valence-corrected chi connectivity index (χ0v) is 11.1. The summed E-state index contributed by atoms with van der Waals surface area (Å²) in [7, 11) is 0. The maximum Gasteiger partial charge on any atom is 0.320 e. The molecule has 0 fully saturated rings. The SMILES string of the molecule is Fc1ccc(OCc2nc3ccccc3n2C(F)F)c(F)c1. The lowest BCUT2D eigenvalue weighted by molar-refractivity contribution is 0.0675. The summed E-state index contributed by atoms with van der Waals surface area (Å²) in [5.41, 5.74) is 0.650. The maximum atomic E-state index is 13.5. The van der Waals surface area contributed by atoms with Gasteiger partial charge in [-0.3, -0.25) is 4.57 Å². The van der Waals surface area contributed by atoms with E-state index in [0.717, 1.165) is 16.7 Å². The highest BCUT2D eigenvalue weighted by Crippen LogP contribution is 2.25. The summed E-state index contributed by atoms with van der Waals surface area (Å²) < 4.78 is 58.5. The van der Waals surface area contributed by atoms with Crippen LogP contribution in [-0.2, 0) is 6.61 Å². The third kappa shape index (κ3) is 2.61. The van der Waals surface area contributed by atoms with Gasteiger partial charge >= 0.3 is 6.55 Å². The van der Waals surface area contributed by atoms with Crippen LogP contribution in [0.25, 0.3) is 11.0 Å². The fourth-order valence-electron chi connectivity index (χ4n) is 2.15. The van der Waals surface area contributed by atoms with Crippen LogP contribution in [-0.4, -0.2) is 9.55 Å². The van der Waals surface area contributed by atoms with Gasteiger partial charge in [0.25, 0.3) is 0 Å². The van der Waals surface area contributed by atoms with Crippen molar-refractivity contribution in [2.24, 2.45) is 0 Å². The van der Waals surface area contributed by atoms with Gasteiger partial charge in [-0.05, 0) is 24.3 Å². The summed E-state index contributed by atoms with van der Waals surface area (Å²) in [5.74, 6) is -1.92. The van der Waals surface area contributed by atoms with Crippen molar-refractivity contribution in [3.05, 3.63) is 59.9 Å². The second-order valence-corrected chi connectivity index (χ2v) is 4.53. The van der Waals surface area contributed by atoms with E-state index in [4.69, 9.17) is 4.74 Å². The van der Waals surface area contributed by atoms with Crippen LogP contribution in [0.15, 0.2) is 42.5 Å². The van der Waals surface area contributed by atoms with Gasteiger partial charge in [-0.2, -0.15) is 8.78 Å². The van der Waals surface area contributed by atoms with Crippen molar-refractivity contribution in [2.75, 3.05) is 0 Å². The Morgan fingerprint density at radius 2 is 1.86 bits per heavy atom. The molecule has 0 aliphatic heterocycles. The molecule has 3 aromatic rings. The van der Waals surface area contributed by atoms with E-state index in [1.54, 1.807) is 18.2 Å². The van der Waals surface area contributed by atoms with Crippen LogP contribution >= 0.6 is 0 Å². The number of aromatic nitrogens is 2. The number of hydrogen-bond acceptors (Lipinski definition) is 2. The van der Waals surface area contributed by atoms with E-state index in [0.29, 0.717) is 11.6 Å². The van der Waals surface area contributed by atoms with Crippen molar-refractivity contribution in [3.63, 3.8) is 0 Å². The van der Waals surface area contributed by atoms with Crippen LogP contribution in [0, 0.1) is 11.6 Å². The van der Waals surface area contributed by atoms with Crippen molar-refractivity contribution in [3.8, 4) is 5.75 Å². The Morgan fingerprint density at radius 3 is 2.59 bits per heavy atom. The fraction of sp³-hybridized carbons (Fsp3) is 0.133. The third-order valence-corrected chi connectivity index (χ3v) is 3.11. The molecular formula is C15H10F4N2O. The summed E-state index contributed by atoms with van der Waals surface area (Å²) in [4.78, 5) is 4.06. The van der Waals surface area contributed by atoms with Gasteiger partial charge in [0.1, 0.15) is 12.4 Å². The molecule has 3 rings (SSSR count). The first-order chi connectivity index (χ1) is 10.6. The molecule has 0 radical (unpaired) electrons. The van der Waals surface area contributed by atoms with Crippen molar-refractivity contribution in [1.82, 2.24) is 9.55 Å². The molecule has 0 saturated heterocycles. The van der Waals surface area contributed by atoms with Gasteiger partial charge in [-0.1, -0.05) is 12.1 Å². The van der Waals surface area contributed by atoms with Gasteiger partial charge in [0.2, 0.25) is 0 Å². The van der Waals surface area contributed by atoms with E-state index in [-0.39, 0.29) is 23.7 Å². The van der Waals surface area contributed by atoms with Crippen LogP contribution in [0.5, 0.6) is 5.75 Å². The molecule has 0 bridgehead atoms. The number of halogens is 4. The average Bonchev–Trinajstić information content (AvgIpc) is 2.84. The number of hydrogen-bond donors (Lipinski definition) is 0. The van der Waals surface area contributed by atoms with Crippen LogP contribution in [0.2, 0.25) is 0 Å². The predicted octanol–water partition coefficient (Wildman–Crippen LogP) is 4.29. The molecule has 0 N–H and O–H groups in total. The van der Waals surface area contributed by atoms with E-state index < -0.39 is 18.2 Å². The molecule has 7 heteroatoms. The summed E-state index contributed by atoms with van der Waals surface area (Å²) in [6.45, 7) is -3.16. The molecule has 0 saturated carbocycles. The Labute approximate surface area is 122 Å². The van der Waals surface area contributed by atoms with Crippen LogP contribution in [0.3, 0.4) is 0 Å². The molecular weight excluding hydrogens is 300 g/mol. The minimum absolute atomic E-state index is 0.0417. The van der Waals surface area contributed by atoms with Gasteiger partial charge in [-0.15, -0.1) is 0 Å². The Kier molecular flexibility index (Phi) is 3.70. The number of alkyl halides is 2. The number of imidazole rings is 1. The van der Waals surface area contributed by atoms with Crippen molar-refractivity contribution in [1.29, 1.82) is 0 Å². The van der Waals surface area contributed by atoms with Gasteiger partial charge in [-0.25, -0.2) is 13.8 Å². The number of para-hydroxylation sites is 2. The zero-order valence-electron chi connectivity index (χ0n) is 11.1. The minimum Gasteiger partial charge on any atom is -0.483 e. The molecule has 0 aliphatic carbocycles. The number of nitrogens with zero attached hydrogens (tertiary/aromatic N) is 2. The normalized spacial score (nSPS) is 11.3. The lowest BCUT2D eigenvalue weighted by Crippen LogP contribution is -2.08. The van der Waals surface area contributed by atoms with Crippen molar-refractivity contribution < 1.29 is 22.3 Å². The first-order valence-electron chi connectivity index (χ1n) is 6.38. The fourth-order valence-corrected chi connectivity index (χ4v) is 2.15. The molecule has 3 nitrogen and oxygen atoms in total. The molecule has 0 atom stereocenters. The molecule has 0 spiro atoms. The largest absolute Gasteiger partial charge is 0.483 e. The van der Waals surface area contributed by atoms with E-state index in [9.17, 15) is 17.6 Å². The number of benzene rings is 2. The van der Waals surface area contributed by atoms with Gasteiger partial charge in [0.05, 0.1) is 11.0 Å². The molecule has 2 aromatic carbocycles. The second kappa shape index (κ2) is 5.67. The highest BCUT2D eigenvalue weighted by molar-refractivity contribution is 5.75. The van der Waals surface area contributed by atoms with Crippen LogP contribution in [0.4, 0.5) is 17.6 Å². The lowest BCUT2D eigenvalue weighted by atomic mass is 10.3. The first-order valence-corrected chi connectivity index (χ1v) is 6.38. The smallest absolute Gasteiger partial charge is 0.320 e. The highest BCUT2D eigenvalue weighted by atomic mass is 19.3.